The topological polar surface area (TPSA) is 33.7 Å². The van der Waals surface area contributed by atoms with Gasteiger partial charge in [0.2, 0.25) is 0 Å². The molecule has 0 aromatic heterocycles. The zero-order valence-electron chi connectivity index (χ0n) is 12.4. The van der Waals surface area contributed by atoms with E-state index in [1.807, 2.05) is 12.1 Å². The van der Waals surface area contributed by atoms with E-state index in [1.54, 1.807) is 14.2 Å². The Kier molecular flexibility index (Phi) is 5.60. The Hall–Kier alpha value is -0.680. The Labute approximate surface area is 137 Å². The Morgan fingerprint density at radius 2 is 1.86 bits per heavy atom. The molecule has 118 valence electrons. The van der Waals surface area contributed by atoms with Crippen molar-refractivity contribution < 1.29 is 9.47 Å². The van der Waals surface area contributed by atoms with Crippen LogP contribution in [-0.4, -0.2) is 45.3 Å². The van der Waals surface area contributed by atoms with E-state index < -0.39 is 0 Å². The molecule has 1 aromatic carbocycles. The lowest BCUT2D eigenvalue weighted by molar-refractivity contribution is 0.304. The normalized spacial score (nSPS) is 24.5. The number of benzene rings is 1. The third-order valence-corrected chi connectivity index (χ3v) is 4.84. The first-order valence-electron chi connectivity index (χ1n) is 7.05. The molecule has 1 aromatic rings. The van der Waals surface area contributed by atoms with E-state index in [4.69, 9.17) is 21.1 Å². The molecule has 0 spiro atoms. The Morgan fingerprint density at radius 3 is 2.43 bits per heavy atom. The quantitative estimate of drug-likeness (QED) is 0.918. The molecular weight excluding hydrogens is 311 g/mol. The second-order valence-corrected chi connectivity index (χ2v) is 6.02. The van der Waals surface area contributed by atoms with Crippen molar-refractivity contribution >= 4 is 24.0 Å². The van der Waals surface area contributed by atoms with Gasteiger partial charge in [0.05, 0.1) is 19.2 Å². The fourth-order valence-corrected chi connectivity index (χ4v) is 3.67. The van der Waals surface area contributed by atoms with Crippen molar-refractivity contribution in [2.75, 3.05) is 40.4 Å². The van der Waals surface area contributed by atoms with Crippen LogP contribution in [0.2, 0.25) is 5.02 Å². The largest absolute Gasteiger partial charge is 0.493 e. The summed E-state index contributed by atoms with van der Waals surface area (Å²) in [5, 5.41) is 4.13. The van der Waals surface area contributed by atoms with Crippen molar-refractivity contribution in [2.45, 2.75) is 6.54 Å². The molecule has 0 amide bonds. The van der Waals surface area contributed by atoms with Crippen LogP contribution in [0.4, 0.5) is 0 Å². The molecular formula is C15H22Cl2N2O2. The fraction of sp³-hybridized carbons (Fsp3) is 0.600. The van der Waals surface area contributed by atoms with Crippen molar-refractivity contribution in [3.63, 3.8) is 0 Å². The van der Waals surface area contributed by atoms with Crippen LogP contribution < -0.4 is 14.8 Å². The smallest absolute Gasteiger partial charge is 0.179 e. The summed E-state index contributed by atoms with van der Waals surface area (Å²) < 4.78 is 10.6. The maximum atomic E-state index is 6.45. The molecule has 0 unspecified atom stereocenters. The molecule has 2 fully saturated rings. The number of nitrogens with zero attached hydrogens (tertiary/aromatic N) is 1. The highest BCUT2D eigenvalue weighted by atomic mass is 35.5. The van der Waals surface area contributed by atoms with Gasteiger partial charge in [-0.25, -0.2) is 0 Å². The first-order valence-corrected chi connectivity index (χ1v) is 7.43. The second kappa shape index (κ2) is 7.05. The van der Waals surface area contributed by atoms with E-state index in [0.29, 0.717) is 16.5 Å². The summed E-state index contributed by atoms with van der Waals surface area (Å²) in [7, 11) is 3.25. The summed E-state index contributed by atoms with van der Waals surface area (Å²) in [6.45, 7) is 5.50. The van der Waals surface area contributed by atoms with Gasteiger partial charge in [-0.3, -0.25) is 4.90 Å². The van der Waals surface area contributed by atoms with Crippen molar-refractivity contribution in [3.05, 3.63) is 22.7 Å². The molecule has 2 saturated heterocycles. The third-order valence-electron chi connectivity index (χ3n) is 4.42. The molecule has 2 aliphatic heterocycles. The van der Waals surface area contributed by atoms with Crippen LogP contribution in [0.3, 0.4) is 0 Å². The van der Waals surface area contributed by atoms with Gasteiger partial charge in [0, 0.05) is 19.6 Å². The zero-order valence-corrected chi connectivity index (χ0v) is 14.0. The number of halogens is 2. The zero-order chi connectivity index (χ0) is 14.1. The highest BCUT2D eigenvalue weighted by molar-refractivity contribution is 6.33. The first kappa shape index (κ1) is 16.7. The van der Waals surface area contributed by atoms with Gasteiger partial charge < -0.3 is 14.8 Å². The van der Waals surface area contributed by atoms with E-state index in [2.05, 4.69) is 10.2 Å². The molecule has 21 heavy (non-hydrogen) atoms. The number of fused-ring (bicyclic) bond motifs is 1. The van der Waals surface area contributed by atoms with Gasteiger partial charge in [0.15, 0.2) is 11.5 Å². The van der Waals surface area contributed by atoms with Crippen LogP contribution in [0.1, 0.15) is 5.56 Å². The van der Waals surface area contributed by atoms with Crippen LogP contribution in [-0.2, 0) is 6.54 Å². The number of likely N-dealkylation sites (tertiary alicyclic amines) is 1. The third kappa shape index (κ3) is 3.24. The molecule has 2 atom stereocenters. The van der Waals surface area contributed by atoms with Crippen molar-refractivity contribution in [1.29, 1.82) is 0 Å². The van der Waals surface area contributed by atoms with E-state index in [9.17, 15) is 0 Å². The molecule has 1 N–H and O–H groups in total. The predicted molar refractivity (Wildman–Crippen MR) is 86.9 cm³/mol. The first-order chi connectivity index (χ1) is 9.72. The second-order valence-electron chi connectivity index (χ2n) is 5.65. The summed E-state index contributed by atoms with van der Waals surface area (Å²) in [5.41, 5.74) is 1.11. The number of hydrogen-bond donors (Lipinski definition) is 1. The number of methoxy groups -OCH3 is 2. The van der Waals surface area contributed by atoms with Crippen LogP contribution in [0.15, 0.2) is 12.1 Å². The minimum atomic E-state index is 0. The van der Waals surface area contributed by atoms with Crippen molar-refractivity contribution in [2.24, 2.45) is 11.8 Å². The van der Waals surface area contributed by atoms with Gasteiger partial charge in [-0.1, -0.05) is 17.7 Å². The van der Waals surface area contributed by atoms with Crippen LogP contribution in [0, 0.1) is 11.8 Å². The average molecular weight is 333 g/mol. The highest BCUT2D eigenvalue weighted by Crippen LogP contribution is 2.38. The Morgan fingerprint density at radius 1 is 1.19 bits per heavy atom. The van der Waals surface area contributed by atoms with E-state index in [0.717, 1.165) is 50.1 Å². The SMILES string of the molecule is COc1ccc(CN2C[C@H]3CNC[C@H]3C2)c(Cl)c1OC.Cl. The molecule has 4 nitrogen and oxygen atoms in total. The van der Waals surface area contributed by atoms with Crippen LogP contribution in [0.5, 0.6) is 11.5 Å². The van der Waals surface area contributed by atoms with Crippen LogP contribution >= 0.6 is 24.0 Å². The monoisotopic (exact) mass is 332 g/mol. The molecule has 0 bridgehead atoms. The Balaban J connectivity index is 0.00000161. The summed E-state index contributed by atoms with van der Waals surface area (Å²) in [6, 6.07) is 3.97. The highest BCUT2D eigenvalue weighted by Gasteiger charge is 2.36. The average Bonchev–Trinajstić information content (AvgIpc) is 3.01. The molecule has 0 radical (unpaired) electrons. The molecule has 6 heteroatoms. The van der Waals surface area contributed by atoms with Gasteiger partial charge in [0.1, 0.15) is 0 Å². The van der Waals surface area contributed by atoms with E-state index in [1.165, 1.54) is 0 Å². The maximum Gasteiger partial charge on any atom is 0.179 e. The summed E-state index contributed by atoms with van der Waals surface area (Å²) in [6.07, 6.45) is 0. The number of rotatable bonds is 4. The summed E-state index contributed by atoms with van der Waals surface area (Å²) >= 11 is 6.45. The molecule has 2 aliphatic rings. The minimum Gasteiger partial charge on any atom is -0.493 e. The lowest BCUT2D eigenvalue weighted by atomic mass is 10.0. The molecule has 3 rings (SSSR count). The molecule has 0 saturated carbocycles. The standard InChI is InChI=1S/C15H21ClN2O2.ClH/c1-19-13-4-3-10(14(16)15(13)20-2)7-18-8-11-5-17-6-12(11)9-18;/h3-4,11-12,17H,5-9H2,1-2H3;1H/t11-,12+;. The van der Waals surface area contributed by atoms with Gasteiger partial charge in [-0.05, 0) is 36.6 Å². The van der Waals surface area contributed by atoms with Crippen molar-refractivity contribution in [1.82, 2.24) is 10.2 Å². The number of ether oxygens (including phenoxy) is 2. The summed E-state index contributed by atoms with van der Waals surface area (Å²) in [5.74, 6) is 2.92. The molecule has 2 heterocycles. The number of nitrogens with one attached hydrogen (secondary N) is 1. The van der Waals surface area contributed by atoms with Gasteiger partial charge in [-0.15, -0.1) is 12.4 Å². The maximum absolute atomic E-state index is 6.45. The fourth-order valence-electron chi connectivity index (χ4n) is 3.37. The van der Waals surface area contributed by atoms with Gasteiger partial charge in [0.25, 0.3) is 0 Å². The van der Waals surface area contributed by atoms with E-state index in [-0.39, 0.29) is 12.4 Å². The predicted octanol–water partition coefficient (Wildman–Crippen LogP) is 2.43. The van der Waals surface area contributed by atoms with Gasteiger partial charge in [-0.2, -0.15) is 0 Å². The lowest BCUT2D eigenvalue weighted by Crippen LogP contribution is -2.25. The minimum absolute atomic E-state index is 0. The summed E-state index contributed by atoms with van der Waals surface area (Å²) in [4.78, 5) is 2.49. The van der Waals surface area contributed by atoms with Crippen molar-refractivity contribution in [3.8, 4) is 11.5 Å². The molecule has 0 aliphatic carbocycles. The van der Waals surface area contributed by atoms with Crippen LogP contribution in [0.25, 0.3) is 0 Å². The van der Waals surface area contributed by atoms with Gasteiger partial charge >= 0.3 is 0 Å². The Bertz CT molecular complexity index is 487. The lowest BCUT2D eigenvalue weighted by Gasteiger charge is -2.19. The van der Waals surface area contributed by atoms with E-state index >= 15 is 0 Å². The number of hydrogen-bond acceptors (Lipinski definition) is 4.